The highest BCUT2D eigenvalue weighted by atomic mass is 16.5. The monoisotopic (exact) mass is 574 g/mol. The maximum Gasteiger partial charge on any atom is 0.203 e. The van der Waals surface area contributed by atoms with Gasteiger partial charge in [-0.25, -0.2) is 0 Å². The molecule has 8 nitrogen and oxygen atoms in total. The van der Waals surface area contributed by atoms with E-state index in [1.807, 2.05) is 48.5 Å². The van der Waals surface area contributed by atoms with Crippen LogP contribution in [0.25, 0.3) is 11.1 Å². The van der Waals surface area contributed by atoms with Crippen molar-refractivity contribution in [3.8, 4) is 57.1 Å². The van der Waals surface area contributed by atoms with E-state index in [9.17, 15) is 10.2 Å². The zero-order chi connectivity index (χ0) is 30.2. The molecule has 0 aromatic heterocycles. The van der Waals surface area contributed by atoms with Crippen molar-refractivity contribution in [3.63, 3.8) is 0 Å². The summed E-state index contributed by atoms with van der Waals surface area (Å²) in [6, 6.07) is 18.8. The Morgan fingerprint density at radius 1 is 0.405 bits per heavy atom. The molecule has 8 heteroatoms. The van der Waals surface area contributed by atoms with Crippen molar-refractivity contribution in [3.05, 3.63) is 82.9 Å². The van der Waals surface area contributed by atoms with Crippen molar-refractivity contribution >= 4 is 0 Å². The number of aryl methyl sites for hydroxylation is 4. The van der Waals surface area contributed by atoms with Crippen LogP contribution >= 0.6 is 0 Å². The number of hydrogen-bond acceptors (Lipinski definition) is 8. The lowest BCUT2D eigenvalue weighted by atomic mass is 9.96. The van der Waals surface area contributed by atoms with Crippen molar-refractivity contribution in [2.24, 2.45) is 0 Å². The van der Waals surface area contributed by atoms with E-state index >= 15 is 0 Å². The molecule has 0 saturated heterocycles. The highest BCUT2D eigenvalue weighted by Crippen LogP contribution is 2.40. The van der Waals surface area contributed by atoms with Crippen LogP contribution in [0.4, 0.5) is 0 Å². The van der Waals surface area contributed by atoms with Gasteiger partial charge in [-0.3, -0.25) is 0 Å². The SMILES string of the molecule is COc1cc(CCc2ccc(-c3ccc(CCc4cc(OC)c(OC)c(OC)c4)cc3O)c(O)c2)cc(OC)c1OC. The van der Waals surface area contributed by atoms with Gasteiger partial charge in [-0.1, -0.05) is 24.3 Å². The van der Waals surface area contributed by atoms with Gasteiger partial charge in [-0.15, -0.1) is 0 Å². The molecule has 0 amide bonds. The minimum absolute atomic E-state index is 0.109. The number of hydrogen-bond donors (Lipinski definition) is 2. The minimum Gasteiger partial charge on any atom is -0.507 e. The number of benzene rings is 4. The van der Waals surface area contributed by atoms with E-state index in [0.717, 1.165) is 22.3 Å². The van der Waals surface area contributed by atoms with Gasteiger partial charge in [-0.05, 0) is 84.3 Å². The fourth-order valence-electron chi connectivity index (χ4n) is 5.06. The van der Waals surface area contributed by atoms with E-state index in [1.54, 1.807) is 54.8 Å². The average Bonchev–Trinajstić information content (AvgIpc) is 3.01. The molecule has 0 bridgehead atoms. The van der Waals surface area contributed by atoms with Gasteiger partial charge in [0.25, 0.3) is 0 Å². The highest BCUT2D eigenvalue weighted by molar-refractivity contribution is 5.76. The number of aromatic hydroxyl groups is 2. The Morgan fingerprint density at radius 2 is 0.714 bits per heavy atom. The minimum atomic E-state index is 0.109. The number of phenols is 2. The summed E-state index contributed by atoms with van der Waals surface area (Å²) >= 11 is 0. The molecular formula is C34H38O8. The summed E-state index contributed by atoms with van der Waals surface area (Å²) in [4.78, 5) is 0. The van der Waals surface area contributed by atoms with E-state index in [0.29, 0.717) is 71.3 Å². The lowest BCUT2D eigenvalue weighted by Gasteiger charge is -2.15. The van der Waals surface area contributed by atoms with Crippen LogP contribution in [-0.4, -0.2) is 52.9 Å². The number of methoxy groups -OCH3 is 6. The van der Waals surface area contributed by atoms with Gasteiger partial charge < -0.3 is 38.6 Å². The van der Waals surface area contributed by atoms with E-state index in [1.165, 1.54) is 0 Å². The number of ether oxygens (including phenoxy) is 6. The summed E-state index contributed by atoms with van der Waals surface area (Å²) in [5.74, 6) is 3.74. The Kier molecular flexibility index (Phi) is 9.91. The van der Waals surface area contributed by atoms with Gasteiger partial charge in [0.2, 0.25) is 11.5 Å². The summed E-state index contributed by atoms with van der Waals surface area (Å²) in [5.41, 5.74) is 5.11. The van der Waals surface area contributed by atoms with Crippen LogP contribution in [0.5, 0.6) is 46.0 Å². The van der Waals surface area contributed by atoms with Crippen molar-refractivity contribution in [2.45, 2.75) is 25.7 Å². The second-order valence-electron chi connectivity index (χ2n) is 9.77. The lowest BCUT2D eigenvalue weighted by Crippen LogP contribution is -1.99. The van der Waals surface area contributed by atoms with E-state index in [4.69, 9.17) is 28.4 Å². The van der Waals surface area contributed by atoms with Gasteiger partial charge in [0, 0.05) is 11.1 Å². The molecule has 0 radical (unpaired) electrons. The van der Waals surface area contributed by atoms with Gasteiger partial charge in [0.1, 0.15) is 11.5 Å². The first-order valence-electron chi connectivity index (χ1n) is 13.6. The Labute approximate surface area is 247 Å². The second kappa shape index (κ2) is 13.8. The summed E-state index contributed by atoms with van der Waals surface area (Å²) in [6.07, 6.45) is 2.81. The van der Waals surface area contributed by atoms with Crippen LogP contribution in [0, 0.1) is 0 Å². The van der Waals surface area contributed by atoms with Gasteiger partial charge in [-0.2, -0.15) is 0 Å². The molecule has 0 aliphatic rings. The third-order valence-corrected chi connectivity index (χ3v) is 7.27. The van der Waals surface area contributed by atoms with Crippen LogP contribution in [0.15, 0.2) is 60.7 Å². The largest absolute Gasteiger partial charge is 0.507 e. The normalized spacial score (nSPS) is 10.7. The first-order chi connectivity index (χ1) is 20.3. The molecule has 0 saturated carbocycles. The fourth-order valence-corrected chi connectivity index (χ4v) is 5.06. The highest BCUT2D eigenvalue weighted by Gasteiger charge is 2.16. The van der Waals surface area contributed by atoms with Crippen molar-refractivity contribution < 1.29 is 38.6 Å². The van der Waals surface area contributed by atoms with Crippen molar-refractivity contribution in [1.82, 2.24) is 0 Å². The summed E-state index contributed by atoms with van der Waals surface area (Å²) in [5, 5.41) is 21.7. The summed E-state index contributed by atoms with van der Waals surface area (Å²) < 4.78 is 32.6. The molecule has 4 aromatic rings. The third kappa shape index (κ3) is 6.60. The number of phenolic OH excluding ortho intramolecular Hbond substituents is 2. The average molecular weight is 575 g/mol. The topological polar surface area (TPSA) is 95.8 Å². The molecule has 222 valence electrons. The molecule has 0 atom stereocenters. The molecule has 42 heavy (non-hydrogen) atoms. The van der Waals surface area contributed by atoms with Crippen LogP contribution < -0.4 is 28.4 Å². The predicted octanol–water partition coefficient (Wildman–Crippen LogP) is 6.39. The van der Waals surface area contributed by atoms with E-state index in [-0.39, 0.29) is 11.5 Å². The Hall–Kier alpha value is -4.72. The molecule has 2 N–H and O–H groups in total. The molecule has 0 spiro atoms. The summed E-state index contributed by atoms with van der Waals surface area (Å²) in [6.45, 7) is 0. The third-order valence-electron chi connectivity index (χ3n) is 7.27. The van der Waals surface area contributed by atoms with Gasteiger partial charge in [0.15, 0.2) is 23.0 Å². The second-order valence-corrected chi connectivity index (χ2v) is 9.77. The van der Waals surface area contributed by atoms with Crippen LogP contribution in [0.2, 0.25) is 0 Å². The zero-order valence-corrected chi connectivity index (χ0v) is 24.9. The molecule has 0 aliphatic heterocycles. The van der Waals surface area contributed by atoms with Crippen molar-refractivity contribution in [2.75, 3.05) is 42.7 Å². The first-order valence-corrected chi connectivity index (χ1v) is 13.6. The zero-order valence-electron chi connectivity index (χ0n) is 24.9. The van der Waals surface area contributed by atoms with Gasteiger partial charge in [0.05, 0.1) is 42.7 Å². The predicted molar refractivity (Wildman–Crippen MR) is 162 cm³/mol. The molecule has 0 fully saturated rings. The fraction of sp³-hybridized carbons (Fsp3) is 0.294. The van der Waals surface area contributed by atoms with E-state index < -0.39 is 0 Å². The molecule has 0 heterocycles. The van der Waals surface area contributed by atoms with Gasteiger partial charge >= 0.3 is 0 Å². The maximum absolute atomic E-state index is 10.9. The quantitative estimate of drug-likeness (QED) is 0.190. The molecule has 4 rings (SSSR count). The molecule has 0 unspecified atom stereocenters. The first kappa shape index (κ1) is 30.2. The maximum atomic E-state index is 10.9. The molecule has 0 aliphatic carbocycles. The number of rotatable bonds is 13. The van der Waals surface area contributed by atoms with Crippen molar-refractivity contribution in [1.29, 1.82) is 0 Å². The van der Waals surface area contributed by atoms with Crippen LogP contribution in [-0.2, 0) is 25.7 Å². The standard InChI is InChI=1S/C34H38O8/c1-37-29-17-23(18-30(38-2)33(29)41-5)9-7-21-11-13-25(27(35)15-21)26-14-12-22(16-28(26)36)8-10-24-19-31(39-3)34(42-6)32(20-24)40-4/h11-20,35-36H,7-10H2,1-6H3. The lowest BCUT2D eigenvalue weighted by molar-refractivity contribution is 0.324. The molecule has 4 aromatic carbocycles. The van der Waals surface area contributed by atoms with Crippen LogP contribution in [0.1, 0.15) is 22.3 Å². The Morgan fingerprint density at radius 3 is 0.976 bits per heavy atom. The van der Waals surface area contributed by atoms with Crippen LogP contribution in [0.3, 0.4) is 0 Å². The molecular weight excluding hydrogens is 536 g/mol. The summed E-state index contributed by atoms with van der Waals surface area (Å²) in [7, 11) is 9.53. The smallest absolute Gasteiger partial charge is 0.203 e. The Balaban J connectivity index is 1.46. The van der Waals surface area contributed by atoms with E-state index in [2.05, 4.69) is 0 Å². The Bertz CT molecular complexity index is 1360.